The predicted molar refractivity (Wildman–Crippen MR) is 98.5 cm³/mol. The van der Waals surface area contributed by atoms with Crippen LogP contribution in [0.1, 0.15) is 17.7 Å². The molecule has 0 fully saturated rings. The number of methoxy groups -OCH3 is 1. The van der Waals surface area contributed by atoms with Gasteiger partial charge in [0.25, 0.3) is 0 Å². The zero-order valence-electron chi connectivity index (χ0n) is 13.9. The zero-order chi connectivity index (χ0) is 17.5. The van der Waals surface area contributed by atoms with E-state index in [-0.39, 0.29) is 5.91 Å². The van der Waals surface area contributed by atoms with Crippen LogP contribution in [0.15, 0.2) is 54.0 Å². The van der Waals surface area contributed by atoms with Crippen LogP contribution in [0.25, 0.3) is 10.7 Å². The third kappa shape index (κ3) is 4.87. The largest absolute Gasteiger partial charge is 0.497 e. The highest BCUT2D eigenvalue weighted by Crippen LogP contribution is 2.21. The molecule has 0 aliphatic carbocycles. The fourth-order valence-electron chi connectivity index (χ4n) is 2.30. The Labute approximate surface area is 150 Å². The Morgan fingerprint density at radius 2 is 2.04 bits per heavy atom. The molecule has 5 nitrogen and oxygen atoms in total. The monoisotopic (exact) mass is 353 g/mol. The van der Waals surface area contributed by atoms with Crippen molar-refractivity contribution in [1.82, 2.24) is 15.3 Å². The number of ether oxygens (including phenoxy) is 1. The average Bonchev–Trinajstić information content (AvgIpc) is 3.15. The summed E-state index contributed by atoms with van der Waals surface area (Å²) < 4.78 is 5.12. The Kier molecular flexibility index (Phi) is 5.74. The van der Waals surface area contributed by atoms with Gasteiger partial charge in [0.05, 0.1) is 18.5 Å². The average molecular weight is 353 g/mol. The molecule has 1 amide bonds. The van der Waals surface area contributed by atoms with Crippen molar-refractivity contribution < 1.29 is 9.53 Å². The van der Waals surface area contributed by atoms with Crippen molar-refractivity contribution in [1.29, 1.82) is 0 Å². The third-order valence-corrected chi connectivity index (χ3v) is 4.61. The van der Waals surface area contributed by atoms with Gasteiger partial charge in [0.1, 0.15) is 10.8 Å². The number of benzene rings is 1. The Morgan fingerprint density at radius 3 is 2.76 bits per heavy atom. The van der Waals surface area contributed by atoms with Crippen molar-refractivity contribution in [3.05, 3.63) is 65.3 Å². The number of hydrogen-bond acceptors (Lipinski definition) is 5. The maximum absolute atomic E-state index is 12.0. The van der Waals surface area contributed by atoms with Crippen LogP contribution in [0.5, 0.6) is 5.75 Å². The van der Waals surface area contributed by atoms with E-state index in [1.54, 1.807) is 24.6 Å². The van der Waals surface area contributed by atoms with Crippen molar-refractivity contribution in [2.45, 2.75) is 19.4 Å². The minimum absolute atomic E-state index is 0.0169. The number of amides is 1. The van der Waals surface area contributed by atoms with E-state index in [0.717, 1.165) is 27.7 Å². The first kappa shape index (κ1) is 17.1. The predicted octanol–water partition coefficient (Wildman–Crippen LogP) is 3.46. The lowest BCUT2D eigenvalue weighted by atomic mass is 10.2. The van der Waals surface area contributed by atoms with Crippen molar-refractivity contribution >= 4 is 17.2 Å². The summed E-state index contributed by atoms with van der Waals surface area (Å²) in [6.07, 6.45) is 2.79. The highest BCUT2D eigenvalue weighted by atomic mass is 32.1. The van der Waals surface area contributed by atoms with Gasteiger partial charge in [-0.3, -0.25) is 9.78 Å². The molecule has 0 saturated heterocycles. The first-order valence-corrected chi connectivity index (χ1v) is 8.88. The second-order valence-electron chi connectivity index (χ2n) is 5.48. The fourth-order valence-corrected chi connectivity index (χ4v) is 3.13. The molecule has 25 heavy (non-hydrogen) atoms. The molecule has 0 radical (unpaired) electrons. The normalized spacial score (nSPS) is 10.4. The molecule has 3 rings (SSSR count). The number of hydrogen-bond donors (Lipinski definition) is 1. The number of nitrogens with one attached hydrogen (secondary N) is 1. The fraction of sp³-hybridized carbons (Fsp3) is 0.211. The number of carbonyl (C=O) groups excluding carboxylic acids is 1. The Balaban J connectivity index is 1.46. The van der Waals surface area contributed by atoms with Crippen LogP contribution >= 0.6 is 11.3 Å². The highest BCUT2D eigenvalue weighted by molar-refractivity contribution is 7.13. The van der Waals surface area contributed by atoms with E-state index >= 15 is 0 Å². The summed E-state index contributed by atoms with van der Waals surface area (Å²) in [5.74, 6) is 0.825. The molecule has 6 heteroatoms. The second kappa shape index (κ2) is 8.39. The number of thiazole rings is 1. The minimum atomic E-state index is 0.0169. The van der Waals surface area contributed by atoms with E-state index in [1.165, 1.54) is 0 Å². The van der Waals surface area contributed by atoms with E-state index in [2.05, 4.69) is 15.3 Å². The van der Waals surface area contributed by atoms with E-state index in [0.29, 0.717) is 19.4 Å². The molecule has 128 valence electrons. The lowest BCUT2D eigenvalue weighted by Gasteiger charge is -2.06. The van der Waals surface area contributed by atoms with Crippen LogP contribution in [0.3, 0.4) is 0 Å². The minimum Gasteiger partial charge on any atom is -0.497 e. The molecule has 0 bridgehead atoms. The van der Waals surface area contributed by atoms with Crippen LogP contribution in [-0.4, -0.2) is 23.0 Å². The van der Waals surface area contributed by atoms with Gasteiger partial charge in [0.2, 0.25) is 5.91 Å². The number of carbonyl (C=O) groups is 1. The summed E-state index contributed by atoms with van der Waals surface area (Å²) in [7, 11) is 1.63. The molecule has 0 saturated carbocycles. The maximum Gasteiger partial charge on any atom is 0.220 e. The number of rotatable bonds is 7. The van der Waals surface area contributed by atoms with Crippen LogP contribution in [0.4, 0.5) is 0 Å². The van der Waals surface area contributed by atoms with Gasteiger partial charge in [0.15, 0.2) is 0 Å². The van der Waals surface area contributed by atoms with Crippen molar-refractivity contribution in [2.24, 2.45) is 0 Å². The third-order valence-electron chi connectivity index (χ3n) is 3.69. The first-order valence-electron chi connectivity index (χ1n) is 8.00. The molecule has 0 aliphatic rings. The number of aryl methyl sites for hydroxylation is 1. The van der Waals surface area contributed by atoms with Crippen molar-refractivity contribution in [2.75, 3.05) is 7.11 Å². The molecule has 2 aromatic heterocycles. The molecule has 3 aromatic rings. The highest BCUT2D eigenvalue weighted by Gasteiger charge is 2.08. The van der Waals surface area contributed by atoms with Gasteiger partial charge in [-0.25, -0.2) is 4.98 Å². The summed E-state index contributed by atoms with van der Waals surface area (Å²) in [6.45, 7) is 0.513. The van der Waals surface area contributed by atoms with Gasteiger partial charge < -0.3 is 10.1 Å². The van der Waals surface area contributed by atoms with E-state index < -0.39 is 0 Å². The zero-order valence-corrected chi connectivity index (χ0v) is 14.8. The molecule has 0 spiro atoms. The smallest absolute Gasteiger partial charge is 0.220 e. The van der Waals surface area contributed by atoms with Gasteiger partial charge in [-0.1, -0.05) is 18.2 Å². The first-order chi connectivity index (χ1) is 12.2. The van der Waals surface area contributed by atoms with Gasteiger partial charge in [-0.2, -0.15) is 0 Å². The Hall–Kier alpha value is -2.73. The summed E-state index contributed by atoms with van der Waals surface area (Å²) in [6, 6.07) is 13.4. The lowest BCUT2D eigenvalue weighted by molar-refractivity contribution is -0.121. The summed E-state index contributed by atoms with van der Waals surface area (Å²) >= 11 is 1.55. The maximum atomic E-state index is 12.0. The molecule has 1 N–H and O–H groups in total. The Bertz CT molecular complexity index is 816. The molecular weight excluding hydrogens is 334 g/mol. The summed E-state index contributed by atoms with van der Waals surface area (Å²) in [5, 5.41) is 5.80. The van der Waals surface area contributed by atoms with Gasteiger partial charge in [-0.15, -0.1) is 11.3 Å². The molecule has 0 aliphatic heterocycles. The molecule has 0 atom stereocenters. The van der Waals surface area contributed by atoms with Crippen LogP contribution < -0.4 is 10.1 Å². The van der Waals surface area contributed by atoms with Gasteiger partial charge >= 0.3 is 0 Å². The topological polar surface area (TPSA) is 64.1 Å². The standard InChI is InChI=1S/C19H19N3O2S/c1-24-16-8-5-14(6-9-16)12-21-18(23)10-7-15-13-25-19(22-15)17-4-2-3-11-20-17/h2-6,8-9,11,13H,7,10,12H2,1H3,(H,21,23). The number of aromatic nitrogens is 2. The summed E-state index contributed by atoms with van der Waals surface area (Å²) in [4.78, 5) is 20.9. The SMILES string of the molecule is COc1ccc(CNC(=O)CCc2csc(-c3ccccn3)n2)cc1. The van der Waals surface area contributed by atoms with E-state index in [1.807, 2.05) is 47.8 Å². The second-order valence-corrected chi connectivity index (χ2v) is 6.34. The van der Waals surface area contributed by atoms with Gasteiger partial charge in [-0.05, 0) is 36.2 Å². The molecule has 2 heterocycles. The number of nitrogens with zero attached hydrogens (tertiary/aromatic N) is 2. The summed E-state index contributed by atoms with van der Waals surface area (Å²) in [5.41, 5.74) is 2.83. The molecule has 1 aromatic carbocycles. The van der Waals surface area contributed by atoms with Crippen molar-refractivity contribution in [3.8, 4) is 16.5 Å². The van der Waals surface area contributed by atoms with Crippen molar-refractivity contribution in [3.63, 3.8) is 0 Å². The van der Waals surface area contributed by atoms with E-state index in [9.17, 15) is 4.79 Å². The van der Waals surface area contributed by atoms with Crippen LogP contribution in [0.2, 0.25) is 0 Å². The molecular formula is C19H19N3O2S. The number of pyridine rings is 1. The van der Waals surface area contributed by atoms with Crippen LogP contribution in [-0.2, 0) is 17.8 Å². The molecule has 0 unspecified atom stereocenters. The lowest BCUT2D eigenvalue weighted by Crippen LogP contribution is -2.23. The van der Waals surface area contributed by atoms with Crippen LogP contribution in [0, 0.1) is 0 Å². The van der Waals surface area contributed by atoms with Gasteiger partial charge in [0, 0.05) is 24.5 Å². The Morgan fingerprint density at radius 1 is 1.20 bits per heavy atom. The van der Waals surface area contributed by atoms with E-state index in [4.69, 9.17) is 4.74 Å². The quantitative estimate of drug-likeness (QED) is 0.706.